The Morgan fingerprint density at radius 3 is 2.75 bits per heavy atom. The summed E-state index contributed by atoms with van der Waals surface area (Å²) in [7, 11) is 0. The topological polar surface area (TPSA) is 32.8 Å². The van der Waals surface area contributed by atoms with Crippen molar-refractivity contribution in [3.05, 3.63) is 0 Å². The van der Waals surface area contributed by atoms with Gasteiger partial charge >= 0.3 is 6.09 Å². The van der Waals surface area contributed by atoms with Crippen LogP contribution in [-0.4, -0.2) is 54.7 Å². The molecular formula is C16H26N2O2. The molecule has 4 fully saturated rings. The Labute approximate surface area is 121 Å². The van der Waals surface area contributed by atoms with Crippen LogP contribution in [0.3, 0.4) is 0 Å². The van der Waals surface area contributed by atoms with Gasteiger partial charge in [-0.2, -0.15) is 0 Å². The first-order valence-electron chi connectivity index (χ1n) is 8.19. The third kappa shape index (κ3) is 1.87. The lowest BCUT2D eigenvalue weighted by atomic mass is 9.64. The summed E-state index contributed by atoms with van der Waals surface area (Å²) < 4.78 is 5.12. The summed E-state index contributed by atoms with van der Waals surface area (Å²) in [6, 6.07) is 0.793. The predicted octanol–water partition coefficient (Wildman–Crippen LogP) is 2.34. The summed E-state index contributed by atoms with van der Waals surface area (Å²) >= 11 is 0. The van der Waals surface area contributed by atoms with Crippen LogP contribution in [0.25, 0.3) is 0 Å². The molecule has 1 spiro atoms. The molecule has 4 aliphatic rings. The van der Waals surface area contributed by atoms with Crippen LogP contribution >= 0.6 is 0 Å². The molecule has 0 aromatic rings. The molecule has 2 unspecified atom stereocenters. The fourth-order valence-electron chi connectivity index (χ4n) is 4.91. The highest BCUT2D eigenvalue weighted by Gasteiger charge is 2.60. The maximum atomic E-state index is 11.8. The zero-order valence-electron chi connectivity index (χ0n) is 12.7. The number of rotatable bonds is 2. The van der Waals surface area contributed by atoms with Gasteiger partial charge in [0.05, 0.1) is 6.61 Å². The van der Waals surface area contributed by atoms with Gasteiger partial charge in [0.2, 0.25) is 0 Å². The second kappa shape index (κ2) is 4.12. The van der Waals surface area contributed by atoms with Gasteiger partial charge in [-0.05, 0) is 49.4 Å². The van der Waals surface area contributed by atoms with Crippen molar-refractivity contribution in [1.82, 2.24) is 9.80 Å². The number of carbonyl (C=O) groups is 1. The summed E-state index contributed by atoms with van der Waals surface area (Å²) in [4.78, 5) is 16.4. The Kier molecular flexibility index (Phi) is 2.67. The van der Waals surface area contributed by atoms with Crippen molar-refractivity contribution < 1.29 is 9.53 Å². The molecule has 0 N–H and O–H groups in total. The third-order valence-electron chi connectivity index (χ3n) is 6.38. The molecule has 2 heterocycles. The first-order valence-corrected chi connectivity index (χ1v) is 8.19. The number of likely N-dealkylation sites (tertiary alicyclic amines) is 2. The molecule has 0 bridgehead atoms. The number of carbonyl (C=O) groups excluding carboxylic acids is 1. The molecule has 2 saturated heterocycles. The molecular weight excluding hydrogens is 252 g/mol. The Hall–Kier alpha value is -0.770. The SMILES string of the molecule is CCOC(=O)N1CCC2(CC(N3CC4CC4(C)C3)C2)C1. The van der Waals surface area contributed by atoms with E-state index < -0.39 is 0 Å². The number of nitrogens with zero attached hydrogens (tertiary/aromatic N) is 2. The average Bonchev–Trinajstić information content (AvgIpc) is 2.78. The van der Waals surface area contributed by atoms with Gasteiger partial charge < -0.3 is 9.64 Å². The van der Waals surface area contributed by atoms with Crippen LogP contribution in [0.2, 0.25) is 0 Å². The van der Waals surface area contributed by atoms with Crippen molar-refractivity contribution in [2.24, 2.45) is 16.7 Å². The standard InChI is InChI=1S/C16H26N2O2/c1-3-20-14(19)17-5-4-16(11-17)7-13(8-16)18-9-12-6-15(12,2)10-18/h12-13H,3-11H2,1-2H3. The number of hydrogen-bond acceptors (Lipinski definition) is 3. The first-order chi connectivity index (χ1) is 9.54. The lowest BCUT2D eigenvalue weighted by Gasteiger charge is -2.49. The Balaban J connectivity index is 1.30. The summed E-state index contributed by atoms with van der Waals surface area (Å²) in [5.41, 5.74) is 1.08. The molecule has 2 aliphatic heterocycles. The lowest BCUT2D eigenvalue weighted by molar-refractivity contribution is 0.0101. The number of piperidine rings is 1. The van der Waals surface area contributed by atoms with E-state index in [-0.39, 0.29) is 6.09 Å². The van der Waals surface area contributed by atoms with E-state index in [2.05, 4.69) is 11.8 Å². The van der Waals surface area contributed by atoms with Gasteiger partial charge in [-0.3, -0.25) is 4.90 Å². The Bertz CT molecular complexity index is 432. The zero-order valence-corrected chi connectivity index (χ0v) is 12.7. The summed E-state index contributed by atoms with van der Waals surface area (Å²) in [6.07, 6.45) is 5.12. The molecule has 0 aromatic heterocycles. The van der Waals surface area contributed by atoms with Gasteiger partial charge in [-0.25, -0.2) is 4.79 Å². The van der Waals surface area contributed by atoms with E-state index in [0.717, 1.165) is 25.0 Å². The van der Waals surface area contributed by atoms with E-state index in [1.165, 1.54) is 38.8 Å². The van der Waals surface area contributed by atoms with Gasteiger partial charge in [0.25, 0.3) is 0 Å². The van der Waals surface area contributed by atoms with Crippen LogP contribution in [0.5, 0.6) is 0 Å². The minimum absolute atomic E-state index is 0.109. The van der Waals surface area contributed by atoms with Crippen LogP contribution in [0, 0.1) is 16.7 Å². The predicted molar refractivity (Wildman–Crippen MR) is 76.5 cm³/mol. The van der Waals surface area contributed by atoms with Crippen LogP contribution in [-0.2, 0) is 4.74 Å². The largest absolute Gasteiger partial charge is 0.450 e. The molecule has 4 nitrogen and oxygen atoms in total. The molecule has 4 rings (SSSR count). The molecule has 2 aliphatic carbocycles. The van der Waals surface area contributed by atoms with Gasteiger partial charge in [0.1, 0.15) is 0 Å². The number of hydrogen-bond donors (Lipinski definition) is 0. The Morgan fingerprint density at radius 2 is 2.10 bits per heavy atom. The van der Waals surface area contributed by atoms with Gasteiger partial charge in [0.15, 0.2) is 0 Å². The van der Waals surface area contributed by atoms with Crippen molar-refractivity contribution in [3.63, 3.8) is 0 Å². The minimum atomic E-state index is -0.109. The van der Waals surface area contributed by atoms with Crippen molar-refractivity contribution >= 4 is 6.09 Å². The fourth-order valence-corrected chi connectivity index (χ4v) is 4.91. The van der Waals surface area contributed by atoms with E-state index in [1.807, 2.05) is 11.8 Å². The van der Waals surface area contributed by atoms with Gasteiger partial charge in [-0.15, -0.1) is 0 Å². The van der Waals surface area contributed by atoms with E-state index >= 15 is 0 Å². The van der Waals surface area contributed by atoms with Crippen LogP contribution in [0.4, 0.5) is 4.79 Å². The van der Waals surface area contributed by atoms with Crippen LogP contribution in [0.15, 0.2) is 0 Å². The molecule has 112 valence electrons. The molecule has 0 aromatic carbocycles. The monoisotopic (exact) mass is 278 g/mol. The summed E-state index contributed by atoms with van der Waals surface area (Å²) in [5, 5.41) is 0. The lowest BCUT2D eigenvalue weighted by Crippen LogP contribution is -2.52. The fraction of sp³-hybridized carbons (Fsp3) is 0.938. The normalized spacial score (nSPS) is 46.4. The van der Waals surface area contributed by atoms with Gasteiger partial charge in [-0.1, -0.05) is 6.92 Å². The quantitative estimate of drug-likeness (QED) is 0.777. The van der Waals surface area contributed by atoms with E-state index in [9.17, 15) is 4.79 Å². The second-order valence-corrected chi connectivity index (χ2v) is 7.92. The summed E-state index contributed by atoms with van der Waals surface area (Å²) in [5.74, 6) is 0.985. The molecule has 2 saturated carbocycles. The zero-order chi connectivity index (χ0) is 14.0. The molecule has 2 atom stereocenters. The number of amides is 1. The summed E-state index contributed by atoms with van der Waals surface area (Å²) in [6.45, 7) is 9.28. The molecule has 1 amide bonds. The maximum Gasteiger partial charge on any atom is 0.409 e. The highest BCUT2D eigenvalue weighted by Crippen LogP contribution is 2.60. The van der Waals surface area contributed by atoms with Crippen LogP contribution in [0.1, 0.15) is 39.5 Å². The average molecular weight is 278 g/mol. The Morgan fingerprint density at radius 1 is 1.30 bits per heavy atom. The van der Waals surface area contributed by atoms with Crippen molar-refractivity contribution in [1.29, 1.82) is 0 Å². The van der Waals surface area contributed by atoms with Crippen molar-refractivity contribution in [3.8, 4) is 0 Å². The highest BCUT2D eigenvalue weighted by atomic mass is 16.6. The highest BCUT2D eigenvalue weighted by molar-refractivity contribution is 5.68. The van der Waals surface area contributed by atoms with E-state index in [0.29, 0.717) is 17.4 Å². The number of ether oxygens (including phenoxy) is 1. The number of fused-ring (bicyclic) bond motifs is 1. The second-order valence-electron chi connectivity index (χ2n) is 7.92. The van der Waals surface area contributed by atoms with Gasteiger partial charge in [0, 0.05) is 32.2 Å². The smallest absolute Gasteiger partial charge is 0.409 e. The maximum absolute atomic E-state index is 11.8. The first kappa shape index (κ1) is 12.9. The third-order valence-corrected chi connectivity index (χ3v) is 6.38. The van der Waals surface area contributed by atoms with E-state index in [1.54, 1.807) is 0 Å². The molecule has 0 radical (unpaired) electrons. The minimum Gasteiger partial charge on any atom is -0.450 e. The van der Waals surface area contributed by atoms with Crippen molar-refractivity contribution in [2.45, 2.75) is 45.6 Å². The molecule has 4 heteroatoms. The van der Waals surface area contributed by atoms with Crippen molar-refractivity contribution in [2.75, 3.05) is 32.8 Å². The van der Waals surface area contributed by atoms with E-state index in [4.69, 9.17) is 4.74 Å². The molecule has 20 heavy (non-hydrogen) atoms. The van der Waals surface area contributed by atoms with Crippen LogP contribution < -0.4 is 0 Å².